The zero-order valence-corrected chi connectivity index (χ0v) is 9.39. The molecule has 1 aromatic heterocycles. The van der Waals surface area contributed by atoms with Crippen LogP contribution in [0, 0.1) is 0 Å². The van der Waals surface area contributed by atoms with E-state index in [1.54, 1.807) is 0 Å². The van der Waals surface area contributed by atoms with Gasteiger partial charge < -0.3 is 5.32 Å². The van der Waals surface area contributed by atoms with Crippen molar-refractivity contribution in [1.29, 1.82) is 0 Å². The third-order valence-corrected chi connectivity index (χ3v) is 3.70. The number of aromatic nitrogens is 2. The summed E-state index contributed by atoms with van der Waals surface area (Å²) < 4.78 is 2.20. The van der Waals surface area contributed by atoms with E-state index in [1.807, 2.05) is 13.2 Å². The van der Waals surface area contributed by atoms with Gasteiger partial charge in [-0.25, -0.2) is 0 Å². The molecule has 1 aliphatic heterocycles. The highest BCUT2D eigenvalue weighted by molar-refractivity contribution is 7.99. The third-order valence-electron chi connectivity index (χ3n) is 2.65. The Hall–Kier alpha value is -0.480. The van der Waals surface area contributed by atoms with Gasteiger partial charge in [0.1, 0.15) is 0 Å². The summed E-state index contributed by atoms with van der Waals surface area (Å²) in [5, 5.41) is 7.61. The quantitative estimate of drug-likeness (QED) is 0.825. The van der Waals surface area contributed by atoms with Gasteiger partial charge >= 0.3 is 0 Å². The molecule has 2 heterocycles. The van der Waals surface area contributed by atoms with E-state index in [0.29, 0.717) is 6.04 Å². The normalized spacial score (nSPS) is 18.6. The van der Waals surface area contributed by atoms with Gasteiger partial charge in [0.05, 0.1) is 11.7 Å². The fraction of sp³-hybridized carbons (Fsp3) is 0.700. The molecule has 1 aromatic rings. The van der Waals surface area contributed by atoms with Gasteiger partial charge in [0, 0.05) is 12.7 Å². The maximum Gasteiger partial charge on any atom is 0.0538 e. The van der Waals surface area contributed by atoms with Crippen LogP contribution in [0.15, 0.2) is 12.3 Å². The second-order valence-corrected chi connectivity index (χ2v) is 4.87. The molecule has 0 spiro atoms. The molecule has 1 N–H and O–H groups in total. The molecule has 1 fully saturated rings. The summed E-state index contributed by atoms with van der Waals surface area (Å²) in [4.78, 5) is 0. The Kier molecular flexibility index (Phi) is 3.48. The van der Waals surface area contributed by atoms with E-state index in [1.165, 1.54) is 30.0 Å². The number of rotatable bonds is 3. The first kappa shape index (κ1) is 10.1. The zero-order chi connectivity index (χ0) is 9.80. The van der Waals surface area contributed by atoms with Crippen LogP contribution >= 0.6 is 11.8 Å². The predicted octanol–water partition coefficient (Wildman–Crippen LogP) is 1.67. The molecule has 0 unspecified atom stereocenters. The molecule has 3 nitrogen and oxygen atoms in total. The smallest absolute Gasteiger partial charge is 0.0538 e. The van der Waals surface area contributed by atoms with E-state index in [9.17, 15) is 0 Å². The minimum absolute atomic E-state index is 0.634. The molecule has 0 radical (unpaired) electrons. The number of hydrogen-bond donors (Lipinski definition) is 1. The van der Waals surface area contributed by atoms with Crippen molar-refractivity contribution in [2.45, 2.75) is 25.4 Å². The van der Waals surface area contributed by atoms with Gasteiger partial charge in [-0.15, -0.1) is 0 Å². The summed E-state index contributed by atoms with van der Waals surface area (Å²) in [6.45, 7) is 0.920. The van der Waals surface area contributed by atoms with E-state index in [4.69, 9.17) is 0 Å². The summed E-state index contributed by atoms with van der Waals surface area (Å²) in [7, 11) is 1.98. The lowest BCUT2D eigenvalue weighted by Gasteiger charge is -2.23. The summed E-state index contributed by atoms with van der Waals surface area (Å²) in [5.41, 5.74) is 1.31. The first-order valence-electron chi connectivity index (χ1n) is 5.16. The highest BCUT2D eigenvalue weighted by Gasteiger charge is 2.17. The Morgan fingerprint density at radius 2 is 2.36 bits per heavy atom. The number of hydrogen-bond acceptors (Lipinski definition) is 3. The maximum absolute atomic E-state index is 4.43. The SMILES string of the molecule is CNCc1ccnn1C1CCSCC1. The van der Waals surface area contributed by atoms with Crippen LogP contribution in [-0.4, -0.2) is 28.3 Å². The highest BCUT2D eigenvalue weighted by atomic mass is 32.2. The fourth-order valence-electron chi connectivity index (χ4n) is 1.92. The van der Waals surface area contributed by atoms with E-state index < -0.39 is 0 Å². The van der Waals surface area contributed by atoms with Gasteiger partial charge in [-0.3, -0.25) is 4.68 Å². The van der Waals surface area contributed by atoms with Gasteiger partial charge in [0.2, 0.25) is 0 Å². The van der Waals surface area contributed by atoms with Crippen molar-refractivity contribution < 1.29 is 0 Å². The van der Waals surface area contributed by atoms with Crippen LogP contribution in [0.4, 0.5) is 0 Å². The van der Waals surface area contributed by atoms with Crippen LogP contribution in [-0.2, 0) is 6.54 Å². The second-order valence-electron chi connectivity index (χ2n) is 3.64. The topological polar surface area (TPSA) is 29.9 Å². The van der Waals surface area contributed by atoms with Gasteiger partial charge in [-0.2, -0.15) is 16.9 Å². The van der Waals surface area contributed by atoms with E-state index in [0.717, 1.165) is 6.54 Å². The van der Waals surface area contributed by atoms with Crippen LogP contribution in [0.3, 0.4) is 0 Å². The highest BCUT2D eigenvalue weighted by Crippen LogP contribution is 2.27. The molecular weight excluding hydrogens is 194 g/mol. The van der Waals surface area contributed by atoms with Crippen LogP contribution in [0.25, 0.3) is 0 Å². The van der Waals surface area contributed by atoms with Crippen LogP contribution in [0.5, 0.6) is 0 Å². The van der Waals surface area contributed by atoms with Crippen molar-refractivity contribution in [2.24, 2.45) is 0 Å². The van der Waals surface area contributed by atoms with Crippen molar-refractivity contribution in [2.75, 3.05) is 18.6 Å². The molecular formula is C10H17N3S. The molecule has 1 saturated heterocycles. The Bertz CT molecular complexity index is 279. The van der Waals surface area contributed by atoms with Gasteiger partial charge in [0.25, 0.3) is 0 Å². The predicted molar refractivity (Wildman–Crippen MR) is 60.6 cm³/mol. The van der Waals surface area contributed by atoms with Crippen molar-refractivity contribution in [1.82, 2.24) is 15.1 Å². The molecule has 0 aliphatic carbocycles. The summed E-state index contributed by atoms with van der Waals surface area (Å²) in [6.07, 6.45) is 4.44. The lowest BCUT2D eigenvalue weighted by molar-refractivity contribution is 0.410. The second kappa shape index (κ2) is 4.84. The average Bonchev–Trinajstić information content (AvgIpc) is 2.68. The third kappa shape index (κ3) is 2.12. The average molecular weight is 211 g/mol. The van der Waals surface area contributed by atoms with Gasteiger partial charge in [-0.1, -0.05) is 0 Å². The van der Waals surface area contributed by atoms with Crippen LogP contribution in [0.1, 0.15) is 24.6 Å². The molecule has 78 valence electrons. The minimum Gasteiger partial charge on any atom is -0.314 e. The first-order valence-corrected chi connectivity index (χ1v) is 6.32. The van der Waals surface area contributed by atoms with Gasteiger partial charge in [0.15, 0.2) is 0 Å². The largest absolute Gasteiger partial charge is 0.314 e. The fourth-order valence-corrected chi connectivity index (χ4v) is 3.00. The Labute approximate surface area is 89.3 Å². The van der Waals surface area contributed by atoms with E-state index in [-0.39, 0.29) is 0 Å². The van der Waals surface area contributed by atoms with Gasteiger partial charge in [-0.05, 0) is 37.5 Å². The van der Waals surface area contributed by atoms with E-state index >= 15 is 0 Å². The van der Waals surface area contributed by atoms with Crippen molar-refractivity contribution in [3.8, 4) is 0 Å². The van der Waals surface area contributed by atoms with Crippen molar-refractivity contribution >= 4 is 11.8 Å². The maximum atomic E-state index is 4.43. The molecule has 0 amide bonds. The number of nitrogens with one attached hydrogen (secondary N) is 1. The van der Waals surface area contributed by atoms with Crippen molar-refractivity contribution in [3.05, 3.63) is 18.0 Å². The number of thioether (sulfide) groups is 1. The molecule has 2 rings (SSSR count). The van der Waals surface area contributed by atoms with E-state index in [2.05, 4.69) is 32.9 Å². The minimum atomic E-state index is 0.634. The molecule has 4 heteroatoms. The molecule has 0 saturated carbocycles. The summed E-state index contributed by atoms with van der Waals surface area (Å²) in [5.74, 6) is 2.56. The molecule has 0 bridgehead atoms. The first-order chi connectivity index (χ1) is 6.92. The monoisotopic (exact) mass is 211 g/mol. The summed E-state index contributed by atoms with van der Waals surface area (Å²) >= 11 is 2.06. The lowest BCUT2D eigenvalue weighted by atomic mass is 10.1. The van der Waals surface area contributed by atoms with Crippen LogP contribution in [0.2, 0.25) is 0 Å². The Morgan fingerprint density at radius 1 is 1.57 bits per heavy atom. The Balaban J connectivity index is 2.09. The molecule has 14 heavy (non-hydrogen) atoms. The molecule has 0 atom stereocenters. The van der Waals surface area contributed by atoms with Crippen LogP contribution < -0.4 is 5.32 Å². The Morgan fingerprint density at radius 3 is 3.07 bits per heavy atom. The molecule has 1 aliphatic rings. The molecule has 0 aromatic carbocycles. The lowest BCUT2D eigenvalue weighted by Crippen LogP contribution is -2.20. The number of nitrogens with zero attached hydrogens (tertiary/aromatic N) is 2. The standard InChI is InChI=1S/C10H17N3S/c1-11-8-10-2-5-12-13(10)9-3-6-14-7-4-9/h2,5,9,11H,3-4,6-8H2,1H3. The zero-order valence-electron chi connectivity index (χ0n) is 8.57. The summed E-state index contributed by atoms with van der Waals surface area (Å²) in [6, 6.07) is 2.74. The van der Waals surface area contributed by atoms with Crippen molar-refractivity contribution in [3.63, 3.8) is 0 Å².